The number of carbonyl (C=O) groups excluding carboxylic acids is 3. The molecule has 0 fully saturated rings. The van der Waals surface area contributed by atoms with Crippen LogP contribution in [0.25, 0.3) is 5.69 Å². The zero-order valence-electron chi connectivity index (χ0n) is 16.9. The second-order valence-electron chi connectivity index (χ2n) is 6.86. The fourth-order valence-corrected chi connectivity index (χ4v) is 3.24. The molecule has 2 aromatic carbocycles. The Kier molecular flexibility index (Phi) is 6.11. The van der Waals surface area contributed by atoms with Crippen LogP contribution in [0, 0.1) is 19.7 Å². The third kappa shape index (κ3) is 4.63. The number of hydrogen-bond donors (Lipinski definition) is 1. The number of ketones is 1. The van der Waals surface area contributed by atoms with Gasteiger partial charge in [-0.25, -0.2) is 9.18 Å². The van der Waals surface area contributed by atoms with Crippen molar-refractivity contribution < 1.29 is 23.5 Å². The quantitative estimate of drug-likeness (QED) is 0.489. The number of ether oxygens (including phenoxy) is 1. The number of anilines is 1. The molecule has 1 N–H and O–H groups in total. The van der Waals surface area contributed by atoms with Crippen molar-refractivity contribution in [3.8, 4) is 5.69 Å². The maximum absolute atomic E-state index is 13.6. The summed E-state index contributed by atoms with van der Waals surface area (Å²) in [6.45, 7) is 4.55. The summed E-state index contributed by atoms with van der Waals surface area (Å²) in [4.78, 5) is 35.9. The van der Waals surface area contributed by atoms with E-state index in [1.54, 1.807) is 41.8 Å². The Balaban J connectivity index is 1.70. The fourth-order valence-electron chi connectivity index (χ4n) is 3.24. The average molecular weight is 408 g/mol. The Labute approximate surface area is 173 Å². The first-order valence-corrected chi connectivity index (χ1v) is 9.29. The second kappa shape index (κ2) is 8.73. The average Bonchev–Trinajstić information content (AvgIpc) is 3.00. The van der Waals surface area contributed by atoms with Gasteiger partial charge in [-0.15, -0.1) is 0 Å². The summed E-state index contributed by atoms with van der Waals surface area (Å²) in [6, 6.07) is 14.0. The topological polar surface area (TPSA) is 77.4 Å². The van der Waals surface area contributed by atoms with Crippen molar-refractivity contribution in [2.45, 2.75) is 20.8 Å². The van der Waals surface area contributed by atoms with E-state index in [2.05, 4.69) is 5.32 Å². The zero-order valence-corrected chi connectivity index (χ0v) is 16.9. The van der Waals surface area contributed by atoms with Crippen molar-refractivity contribution in [3.05, 3.63) is 82.9 Å². The van der Waals surface area contributed by atoms with Gasteiger partial charge in [0.2, 0.25) is 11.7 Å². The predicted octanol–water partition coefficient (Wildman–Crippen LogP) is 4.23. The number of benzene rings is 2. The first-order chi connectivity index (χ1) is 14.3. The van der Waals surface area contributed by atoms with E-state index in [-0.39, 0.29) is 23.1 Å². The molecule has 0 saturated heterocycles. The molecule has 0 spiro atoms. The Morgan fingerprint density at radius 2 is 1.73 bits per heavy atom. The van der Waals surface area contributed by atoms with Crippen LogP contribution in [0.2, 0.25) is 0 Å². The highest BCUT2D eigenvalue weighted by molar-refractivity contribution is 6.00. The predicted molar refractivity (Wildman–Crippen MR) is 111 cm³/mol. The summed E-state index contributed by atoms with van der Waals surface area (Å²) in [6.07, 6.45) is 0. The number of aromatic nitrogens is 1. The summed E-state index contributed by atoms with van der Waals surface area (Å²) in [7, 11) is 0. The van der Waals surface area contributed by atoms with Crippen LogP contribution in [0.1, 0.15) is 39.0 Å². The largest absolute Gasteiger partial charge is 0.454 e. The third-order valence-electron chi connectivity index (χ3n) is 4.57. The van der Waals surface area contributed by atoms with Gasteiger partial charge in [0.1, 0.15) is 5.82 Å². The van der Waals surface area contributed by atoms with Gasteiger partial charge in [-0.05, 0) is 62.4 Å². The molecule has 0 aliphatic carbocycles. The zero-order chi connectivity index (χ0) is 21.8. The molecule has 0 radical (unpaired) electrons. The van der Waals surface area contributed by atoms with E-state index in [1.165, 1.54) is 31.2 Å². The van der Waals surface area contributed by atoms with Gasteiger partial charge >= 0.3 is 5.97 Å². The Bertz CT molecular complexity index is 1120. The minimum absolute atomic E-state index is 0.216. The summed E-state index contributed by atoms with van der Waals surface area (Å²) in [5, 5.41) is 2.60. The number of Topliss-reactive ketones (excluding diaryl/α,β-unsaturated/α-hetero) is 1. The van der Waals surface area contributed by atoms with Crippen LogP contribution in [0.5, 0.6) is 0 Å². The van der Waals surface area contributed by atoms with Crippen molar-refractivity contribution in [1.29, 1.82) is 0 Å². The number of aryl methyl sites for hydroxylation is 1. The van der Waals surface area contributed by atoms with Crippen molar-refractivity contribution in [2.75, 3.05) is 11.9 Å². The molecule has 154 valence electrons. The molecular formula is C23H21FN2O4. The van der Waals surface area contributed by atoms with Crippen LogP contribution in [-0.2, 0) is 9.53 Å². The number of rotatable bonds is 6. The summed E-state index contributed by atoms with van der Waals surface area (Å²) in [5.74, 6) is -1.58. The van der Waals surface area contributed by atoms with Crippen LogP contribution in [0.3, 0.4) is 0 Å². The number of hydrogen-bond acceptors (Lipinski definition) is 4. The Morgan fingerprint density at radius 1 is 1.03 bits per heavy atom. The summed E-state index contributed by atoms with van der Waals surface area (Å²) >= 11 is 0. The lowest BCUT2D eigenvalue weighted by Gasteiger charge is -2.10. The van der Waals surface area contributed by atoms with Gasteiger partial charge in [0.15, 0.2) is 6.61 Å². The van der Waals surface area contributed by atoms with Crippen LogP contribution in [-0.4, -0.2) is 28.8 Å². The van der Waals surface area contributed by atoms with Gasteiger partial charge < -0.3 is 14.6 Å². The molecule has 0 bridgehead atoms. The van der Waals surface area contributed by atoms with E-state index in [4.69, 9.17) is 4.74 Å². The SMILES string of the molecule is CC(=O)Nc1ccc(C(=O)OCC(=O)c2cc(C)n(-c3cccc(F)c3)c2C)cc1. The molecule has 1 amide bonds. The molecule has 1 aromatic heterocycles. The molecule has 3 rings (SSSR count). The van der Waals surface area contributed by atoms with E-state index in [1.807, 2.05) is 6.92 Å². The lowest BCUT2D eigenvalue weighted by Crippen LogP contribution is -2.15. The van der Waals surface area contributed by atoms with Gasteiger partial charge in [-0.3, -0.25) is 9.59 Å². The third-order valence-corrected chi connectivity index (χ3v) is 4.57. The molecular weight excluding hydrogens is 387 g/mol. The number of nitrogens with zero attached hydrogens (tertiary/aromatic N) is 1. The number of nitrogens with one attached hydrogen (secondary N) is 1. The van der Waals surface area contributed by atoms with E-state index >= 15 is 0 Å². The van der Waals surface area contributed by atoms with E-state index < -0.39 is 12.6 Å². The number of carbonyl (C=O) groups is 3. The summed E-state index contributed by atoms with van der Waals surface area (Å²) in [5.41, 5.74) is 3.24. The van der Waals surface area contributed by atoms with E-state index in [0.717, 1.165) is 5.69 Å². The molecule has 3 aromatic rings. The minimum atomic E-state index is -0.642. The maximum atomic E-state index is 13.6. The standard InChI is InChI=1S/C23H21FN2O4/c1-14-11-21(15(2)26(14)20-6-4-5-18(24)12-20)22(28)13-30-23(29)17-7-9-19(10-8-17)25-16(3)27/h4-12H,13H2,1-3H3,(H,25,27). The highest BCUT2D eigenvalue weighted by Crippen LogP contribution is 2.22. The molecule has 0 atom stereocenters. The van der Waals surface area contributed by atoms with Crippen molar-refractivity contribution in [1.82, 2.24) is 4.57 Å². The minimum Gasteiger partial charge on any atom is -0.454 e. The Hall–Kier alpha value is -3.74. The highest BCUT2D eigenvalue weighted by atomic mass is 19.1. The van der Waals surface area contributed by atoms with Crippen molar-refractivity contribution in [2.24, 2.45) is 0 Å². The monoisotopic (exact) mass is 408 g/mol. The van der Waals surface area contributed by atoms with E-state index in [9.17, 15) is 18.8 Å². The van der Waals surface area contributed by atoms with Gasteiger partial charge in [-0.2, -0.15) is 0 Å². The molecule has 6 nitrogen and oxygen atoms in total. The smallest absolute Gasteiger partial charge is 0.338 e. The molecule has 7 heteroatoms. The lowest BCUT2D eigenvalue weighted by molar-refractivity contribution is -0.114. The fraction of sp³-hybridized carbons (Fsp3) is 0.174. The molecule has 0 aliphatic rings. The van der Waals surface area contributed by atoms with Crippen LogP contribution >= 0.6 is 0 Å². The normalized spacial score (nSPS) is 10.5. The van der Waals surface area contributed by atoms with Gasteiger partial charge in [-0.1, -0.05) is 6.07 Å². The molecule has 0 unspecified atom stereocenters. The summed E-state index contributed by atoms with van der Waals surface area (Å²) < 4.78 is 20.5. The van der Waals surface area contributed by atoms with Gasteiger partial charge in [0, 0.05) is 35.2 Å². The van der Waals surface area contributed by atoms with Crippen LogP contribution in [0.4, 0.5) is 10.1 Å². The molecule has 1 heterocycles. The first-order valence-electron chi connectivity index (χ1n) is 9.29. The second-order valence-corrected chi connectivity index (χ2v) is 6.86. The molecule has 0 aliphatic heterocycles. The van der Waals surface area contributed by atoms with Gasteiger partial charge in [0.25, 0.3) is 0 Å². The van der Waals surface area contributed by atoms with Crippen LogP contribution in [0.15, 0.2) is 54.6 Å². The van der Waals surface area contributed by atoms with Crippen molar-refractivity contribution in [3.63, 3.8) is 0 Å². The molecule has 30 heavy (non-hydrogen) atoms. The number of halogens is 1. The lowest BCUT2D eigenvalue weighted by atomic mass is 10.1. The van der Waals surface area contributed by atoms with Gasteiger partial charge in [0.05, 0.1) is 5.56 Å². The number of esters is 1. The maximum Gasteiger partial charge on any atom is 0.338 e. The van der Waals surface area contributed by atoms with Crippen molar-refractivity contribution >= 4 is 23.3 Å². The van der Waals surface area contributed by atoms with Crippen LogP contribution < -0.4 is 5.32 Å². The number of amides is 1. The Morgan fingerprint density at radius 3 is 2.37 bits per heavy atom. The first kappa shape index (κ1) is 21.0. The molecule has 0 saturated carbocycles. The van der Waals surface area contributed by atoms with E-state index in [0.29, 0.717) is 22.6 Å². The highest BCUT2D eigenvalue weighted by Gasteiger charge is 2.19.